The molecule has 20 heavy (non-hydrogen) atoms. The van der Waals surface area contributed by atoms with Crippen molar-refractivity contribution in [1.82, 2.24) is 15.0 Å². The van der Waals surface area contributed by atoms with Crippen LogP contribution in [0.3, 0.4) is 0 Å². The largest absolute Gasteiger partial charge is 0.378 e. The lowest BCUT2D eigenvalue weighted by Crippen LogP contribution is -2.07. The van der Waals surface area contributed by atoms with E-state index in [-0.39, 0.29) is 0 Å². The molecule has 3 rings (SSSR count). The Bertz CT molecular complexity index is 684. The molecule has 0 unspecified atom stereocenters. The van der Waals surface area contributed by atoms with Crippen LogP contribution in [-0.4, -0.2) is 29.0 Å². The molecule has 1 aromatic carbocycles. The average molecular weight is 264 g/mol. The van der Waals surface area contributed by atoms with Gasteiger partial charge in [-0.3, -0.25) is 4.98 Å². The predicted molar refractivity (Wildman–Crippen MR) is 81.6 cm³/mol. The van der Waals surface area contributed by atoms with Crippen molar-refractivity contribution < 1.29 is 0 Å². The summed E-state index contributed by atoms with van der Waals surface area (Å²) in [5.74, 6) is 0.870. The molecule has 0 amide bonds. The zero-order valence-corrected chi connectivity index (χ0v) is 11.5. The first kappa shape index (κ1) is 12.4. The van der Waals surface area contributed by atoms with Gasteiger partial charge in [0.1, 0.15) is 5.82 Å². The van der Waals surface area contributed by atoms with Gasteiger partial charge in [-0.05, 0) is 36.4 Å². The molecule has 0 aliphatic rings. The van der Waals surface area contributed by atoms with Crippen molar-refractivity contribution in [3.63, 3.8) is 0 Å². The van der Waals surface area contributed by atoms with Crippen LogP contribution < -0.4 is 4.90 Å². The normalized spacial score (nSPS) is 10.5. The first-order valence-corrected chi connectivity index (χ1v) is 6.47. The number of aromatic nitrogens is 3. The van der Waals surface area contributed by atoms with Crippen LogP contribution in [0.15, 0.2) is 55.0 Å². The second kappa shape index (κ2) is 5.17. The lowest BCUT2D eigenvalue weighted by Gasteiger charge is -2.12. The summed E-state index contributed by atoms with van der Waals surface area (Å²) in [6, 6.07) is 12.2. The van der Waals surface area contributed by atoms with E-state index in [4.69, 9.17) is 0 Å². The molecular weight excluding hydrogens is 248 g/mol. The summed E-state index contributed by atoms with van der Waals surface area (Å²) < 4.78 is 0. The van der Waals surface area contributed by atoms with Gasteiger partial charge in [-0.1, -0.05) is 0 Å². The standard InChI is InChI=1S/C16H16N4/c1-20(2)14-7-5-12(6-8-14)16-18-11-15(19-16)13-4-3-9-17-10-13/h3-11H,1-2H3,(H,18,19). The summed E-state index contributed by atoms with van der Waals surface area (Å²) in [4.78, 5) is 14.0. The molecule has 100 valence electrons. The van der Waals surface area contributed by atoms with Crippen molar-refractivity contribution in [2.45, 2.75) is 0 Å². The molecule has 3 aromatic rings. The van der Waals surface area contributed by atoms with Crippen LogP contribution in [0.4, 0.5) is 5.69 Å². The molecule has 4 heteroatoms. The number of nitrogens with zero attached hydrogens (tertiary/aromatic N) is 3. The number of aromatic amines is 1. The van der Waals surface area contributed by atoms with E-state index in [1.165, 1.54) is 5.69 Å². The Morgan fingerprint density at radius 3 is 2.40 bits per heavy atom. The SMILES string of the molecule is CN(C)c1ccc(-c2ncc(-c3cccnc3)[nH]2)cc1. The fourth-order valence-corrected chi connectivity index (χ4v) is 2.05. The zero-order valence-electron chi connectivity index (χ0n) is 11.5. The van der Waals surface area contributed by atoms with Crippen molar-refractivity contribution in [1.29, 1.82) is 0 Å². The molecular formula is C16H16N4. The fraction of sp³-hybridized carbons (Fsp3) is 0.125. The van der Waals surface area contributed by atoms with Crippen LogP contribution in [0.5, 0.6) is 0 Å². The van der Waals surface area contributed by atoms with Gasteiger partial charge in [0.05, 0.1) is 11.9 Å². The van der Waals surface area contributed by atoms with E-state index in [0.717, 1.165) is 22.6 Å². The summed E-state index contributed by atoms with van der Waals surface area (Å²) >= 11 is 0. The van der Waals surface area contributed by atoms with Gasteiger partial charge in [-0.15, -0.1) is 0 Å². The van der Waals surface area contributed by atoms with Gasteiger partial charge >= 0.3 is 0 Å². The Labute approximate surface area is 118 Å². The highest BCUT2D eigenvalue weighted by Gasteiger charge is 2.05. The minimum atomic E-state index is 0.870. The van der Waals surface area contributed by atoms with E-state index in [9.17, 15) is 0 Å². The summed E-state index contributed by atoms with van der Waals surface area (Å²) in [7, 11) is 4.06. The van der Waals surface area contributed by atoms with Crippen molar-refractivity contribution in [2.75, 3.05) is 19.0 Å². The Kier molecular flexibility index (Phi) is 3.21. The van der Waals surface area contributed by atoms with Gasteiger partial charge in [0, 0.05) is 43.3 Å². The maximum Gasteiger partial charge on any atom is 0.137 e. The number of H-pyrrole nitrogens is 1. The molecule has 0 atom stereocenters. The second-order valence-corrected chi connectivity index (χ2v) is 4.83. The molecule has 0 bridgehead atoms. The number of hydrogen-bond acceptors (Lipinski definition) is 3. The number of nitrogens with one attached hydrogen (secondary N) is 1. The topological polar surface area (TPSA) is 44.8 Å². The van der Waals surface area contributed by atoms with Crippen LogP contribution in [0, 0.1) is 0 Å². The average Bonchev–Trinajstić information content (AvgIpc) is 2.98. The molecule has 0 aliphatic heterocycles. The maximum absolute atomic E-state index is 4.44. The van der Waals surface area contributed by atoms with Crippen molar-refractivity contribution in [2.24, 2.45) is 0 Å². The third-order valence-corrected chi connectivity index (χ3v) is 3.21. The van der Waals surface area contributed by atoms with Crippen LogP contribution in [0.1, 0.15) is 0 Å². The van der Waals surface area contributed by atoms with Crippen LogP contribution in [0.2, 0.25) is 0 Å². The minimum Gasteiger partial charge on any atom is -0.378 e. The molecule has 2 aromatic heterocycles. The molecule has 0 aliphatic carbocycles. The van der Waals surface area contributed by atoms with Crippen molar-refractivity contribution in [3.8, 4) is 22.6 Å². The van der Waals surface area contributed by atoms with E-state index in [1.807, 2.05) is 38.6 Å². The number of imidazole rings is 1. The van der Waals surface area contributed by atoms with E-state index in [0.29, 0.717) is 0 Å². The monoisotopic (exact) mass is 264 g/mol. The van der Waals surface area contributed by atoms with Crippen LogP contribution >= 0.6 is 0 Å². The number of benzene rings is 1. The Morgan fingerprint density at radius 1 is 0.950 bits per heavy atom. The Hall–Kier alpha value is -2.62. The summed E-state index contributed by atoms with van der Waals surface area (Å²) in [5.41, 5.74) is 4.26. The van der Waals surface area contributed by atoms with Gasteiger partial charge in [-0.25, -0.2) is 4.98 Å². The smallest absolute Gasteiger partial charge is 0.137 e. The summed E-state index contributed by atoms with van der Waals surface area (Å²) in [5, 5.41) is 0. The highest BCUT2D eigenvalue weighted by molar-refractivity contribution is 5.65. The van der Waals surface area contributed by atoms with Crippen LogP contribution in [-0.2, 0) is 0 Å². The number of rotatable bonds is 3. The quantitative estimate of drug-likeness (QED) is 0.790. The Balaban J connectivity index is 1.90. The second-order valence-electron chi connectivity index (χ2n) is 4.83. The van der Waals surface area contributed by atoms with Gasteiger partial charge in [0.15, 0.2) is 0 Å². The Morgan fingerprint density at radius 2 is 1.75 bits per heavy atom. The maximum atomic E-state index is 4.44. The van der Waals surface area contributed by atoms with E-state index < -0.39 is 0 Å². The molecule has 2 heterocycles. The van der Waals surface area contributed by atoms with Crippen molar-refractivity contribution in [3.05, 3.63) is 55.0 Å². The fourth-order valence-electron chi connectivity index (χ4n) is 2.05. The van der Waals surface area contributed by atoms with Gasteiger partial charge in [-0.2, -0.15) is 0 Å². The van der Waals surface area contributed by atoms with Gasteiger partial charge in [0.25, 0.3) is 0 Å². The number of anilines is 1. The van der Waals surface area contributed by atoms with E-state index in [1.54, 1.807) is 6.20 Å². The van der Waals surface area contributed by atoms with Gasteiger partial charge in [0.2, 0.25) is 0 Å². The molecule has 1 N–H and O–H groups in total. The minimum absolute atomic E-state index is 0.870. The molecule has 4 nitrogen and oxygen atoms in total. The highest BCUT2D eigenvalue weighted by atomic mass is 15.1. The number of pyridine rings is 1. The summed E-state index contributed by atoms with van der Waals surface area (Å²) in [6.45, 7) is 0. The molecule has 0 radical (unpaired) electrons. The predicted octanol–water partition coefficient (Wildman–Crippen LogP) is 3.20. The lowest BCUT2D eigenvalue weighted by atomic mass is 10.2. The third-order valence-electron chi connectivity index (χ3n) is 3.21. The molecule has 0 saturated heterocycles. The van der Waals surface area contributed by atoms with E-state index in [2.05, 4.69) is 44.1 Å². The highest BCUT2D eigenvalue weighted by Crippen LogP contribution is 2.23. The van der Waals surface area contributed by atoms with Gasteiger partial charge < -0.3 is 9.88 Å². The lowest BCUT2D eigenvalue weighted by molar-refractivity contribution is 1.13. The third kappa shape index (κ3) is 2.40. The first-order valence-electron chi connectivity index (χ1n) is 6.47. The molecule has 0 saturated carbocycles. The molecule has 0 spiro atoms. The first-order chi connectivity index (χ1) is 9.74. The van der Waals surface area contributed by atoms with Crippen molar-refractivity contribution >= 4 is 5.69 Å². The zero-order chi connectivity index (χ0) is 13.9. The van der Waals surface area contributed by atoms with E-state index >= 15 is 0 Å². The number of hydrogen-bond donors (Lipinski definition) is 1. The summed E-state index contributed by atoms with van der Waals surface area (Å²) in [6.07, 6.45) is 5.43. The molecule has 0 fully saturated rings. The van der Waals surface area contributed by atoms with Crippen LogP contribution in [0.25, 0.3) is 22.6 Å².